The number of pyridine rings is 1. The van der Waals surface area contributed by atoms with E-state index >= 15 is 0 Å². The van der Waals surface area contributed by atoms with Crippen LogP contribution in [-0.2, 0) is 13.1 Å². The quantitative estimate of drug-likeness (QED) is 0.356. The first-order valence-electron chi connectivity index (χ1n) is 10.3. The smallest absolute Gasteiger partial charge is 0.404 e. The van der Waals surface area contributed by atoms with Crippen molar-refractivity contribution < 1.29 is 19.4 Å². The highest BCUT2D eigenvalue weighted by Gasteiger charge is 2.10. The second kappa shape index (κ2) is 10.3. The molecule has 0 aliphatic carbocycles. The van der Waals surface area contributed by atoms with Crippen molar-refractivity contribution in [3.05, 3.63) is 81.2 Å². The van der Waals surface area contributed by atoms with E-state index in [0.29, 0.717) is 17.2 Å². The van der Waals surface area contributed by atoms with Gasteiger partial charge in [-0.1, -0.05) is 18.2 Å². The molecule has 0 fully saturated rings. The highest BCUT2D eigenvalue weighted by molar-refractivity contribution is 9.10. The normalized spacial score (nSPS) is 10.8. The summed E-state index contributed by atoms with van der Waals surface area (Å²) in [4.78, 5) is 27.5. The van der Waals surface area contributed by atoms with Crippen molar-refractivity contribution in [2.24, 2.45) is 0 Å². The summed E-state index contributed by atoms with van der Waals surface area (Å²) in [5, 5.41) is 16.4. The van der Waals surface area contributed by atoms with Crippen molar-refractivity contribution in [3.8, 4) is 22.8 Å². The number of fused-ring (bicyclic) bond motifs is 1. The molecule has 0 saturated heterocycles. The molecule has 4 rings (SSSR count). The minimum Gasteiger partial charge on any atom is -0.495 e. The molecular formula is C24H21BrN4O5. The summed E-state index contributed by atoms with van der Waals surface area (Å²) in [6.45, 7) is 0.647. The van der Waals surface area contributed by atoms with Crippen LogP contribution in [0.4, 0.5) is 4.79 Å². The number of hydrogen-bond acceptors (Lipinski definition) is 6. The van der Waals surface area contributed by atoms with Crippen molar-refractivity contribution in [2.45, 2.75) is 13.1 Å². The second-order valence-electron chi connectivity index (χ2n) is 7.30. The minimum absolute atomic E-state index is 0.179. The number of rotatable bonds is 8. The first-order valence-corrected chi connectivity index (χ1v) is 11.1. The number of amides is 1. The molecule has 0 aliphatic heterocycles. The molecule has 0 unspecified atom stereocenters. The van der Waals surface area contributed by atoms with Gasteiger partial charge in [-0.15, -0.1) is 0 Å². The third kappa shape index (κ3) is 5.34. The SMILES string of the molecule is COc1cc2nccc(OCCn3nc(-c4cccc(CNC(=O)O)c4)ccc3=O)c2cc1Br. The van der Waals surface area contributed by atoms with Gasteiger partial charge < -0.3 is 19.9 Å². The molecule has 174 valence electrons. The van der Waals surface area contributed by atoms with Crippen LogP contribution in [0.3, 0.4) is 0 Å². The first-order chi connectivity index (χ1) is 16.4. The van der Waals surface area contributed by atoms with Gasteiger partial charge in [0, 0.05) is 35.8 Å². The molecule has 2 N–H and O–H groups in total. The molecule has 2 aromatic heterocycles. The van der Waals surface area contributed by atoms with E-state index in [0.717, 1.165) is 26.5 Å². The third-order valence-corrected chi connectivity index (χ3v) is 5.69. The highest BCUT2D eigenvalue weighted by Crippen LogP contribution is 2.33. The van der Waals surface area contributed by atoms with Crippen LogP contribution < -0.4 is 20.3 Å². The largest absolute Gasteiger partial charge is 0.495 e. The van der Waals surface area contributed by atoms with Gasteiger partial charge in [-0.25, -0.2) is 9.48 Å². The number of carboxylic acid groups (broad SMARTS) is 1. The van der Waals surface area contributed by atoms with Crippen LogP contribution >= 0.6 is 15.9 Å². The zero-order valence-corrected chi connectivity index (χ0v) is 19.8. The van der Waals surface area contributed by atoms with Gasteiger partial charge in [-0.05, 0) is 45.8 Å². The number of methoxy groups -OCH3 is 1. The predicted molar refractivity (Wildman–Crippen MR) is 130 cm³/mol. The van der Waals surface area contributed by atoms with Crippen molar-refractivity contribution in [2.75, 3.05) is 13.7 Å². The lowest BCUT2D eigenvalue weighted by molar-refractivity contribution is 0.194. The molecular weight excluding hydrogens is 504 g/mol. The predicted octanol–water partition coefficient (Wildman–Crippen LogP) is 4.08. The van der Waals surface area contributed by atoms with Crippen LogP contribution in [0, 0.1) is 0 Å². The number of carbonyl (C=O) groups is 1. The summed E-state index contributed by atoms with van der Waals surface area (Å²) in [5.41, 5.74) is 2.64. The van der Waals surface area contributed by atoms with Crippen molar-refractivity contribution in [3.63, 3.8) is 0 Å². The van der Waals surface area contributed by atoms with Crippen molar-refractivity contribution >= 4 is 32.9 Å². The van der Waals surface area contributed by atoms with Gasteiger partial charge in [0.05, 0.1) is 29.3 Å². The molecule has 4 aromatic rings. The Morgan fingerprint density at radius 1 is 1.15 bits per heavy atom. The fourth-order valence-electron chi connectivity index (χ4n) is 3.43. The van der Waals surface area contributed by atoms with Gasteiger partial charge >= 0.3 is 6.09 Å². The van der Waals surface area contributed by atoms with Crippen LogP contribution in [0.5, 0.6) is 11.5 Å². The maximum Gasteiger partial charge on any atom is 0.404 e. The standard InChI is InChI=1S/C24H21BrN4O5/c1-33-22-13-20-17(12-18(22)25)21(7-8-26-20)34-10-9-29-23(30)6-5-19(28-29)16-4-2-3-15(11-16)14-27-24(31)32/h2-8,11-13,27H,9-10,14H2,1H3,(H,31,32). The van der Waals surface area contributed by atoms with Crippen LogP contribution in [0.1, 0.15) is 5.56 Å². The third-order valence-electron chi connectivity index (χ3n) is 5.07. The summed E-state index contributed by atoms with van der Waals surface area (Å²) in [6, 6.07) is 15.9. The molecule has 1 amide bonds. The van der Waals surface area contributed by atoms with Gasteiger partial charge in [0.25, 0.3) is 5.56 Å². The average Bonchev–Trinajstić information content (AvgIpc) is 2.84. The molecule has 0 aliphatic rings. The zero-order chi connectivity index (χ0) is 24.1. The van der Waals surface area contributed by atoms with Crippen molar-refractivity contribution in [1.82, 2.24) is 20.1 Å². The summed E-state index contributed by atoms with van der Waals surface area (Å²) in [7, 11) is 1.59. The monoisotopic (exact) mass is 524 g/mol. The Morgan fingerprint density at radius 3 is 2.79 bits per heavy atom. The number of aromatic nitrogens is 3. The molecule has 0 bridgehead atoms. The summed E-state index contributed by atoms with van der Waals surface area (Å²) in [6.07, 6.45) is 0.563. The van der Waals surface area contributed by atoms with Crippen LogP contribution in [0.15, 0.2) is 70.1 Å². The number of halogens is 1. The summed E-state index contributed by atoms with van der Waals surface area (Å²) < 4.78 is 13.4. The van der Waals surface area contributed by atoms with E-state index in [2.05, 4.69) is 31.3 Å². The maximum atomic E-state index is 12.4. The van der Waals surface area contributed by atoms with Crippen LogP contribution in [-0.4, -0.2) is 39.7 Å². The lowest BCUT2D eigenvalue weighted by Crippen LogP contribution is -2.25. The Kier molecular flexibility index (Phi) is 7.07. The van der Waals surface area contributed by atoms with E-state index in [1.54, 1.807) is 25.4 Å². The molecule has 0 radical (unpaired) electrons. The average molecular weight is 525 g/mol. The lowest BCUT2D eigenvalue weighted by Gasteiger charge is -2.12. The van der Waals surface area contributed by atoms with E-state index in [1.807, 2.05) is 36.4 Å². The number of benzene rings is 2. The molecule has 0 spiro atoms. The van der Waals surface area contributed by atoms with Crippen LogP contribution in [0.2, 0.25) is 0 Å². The number of ether oxygens (including phenoxy) is 2. The number of nitrogens with one attached hydrogen (secondary N) is 1. The Labute approximate surface area is 203 Å². The van der Waals surface area contributed by atoms with Crippen LogP contribution in [0.25, 0.3) is 22.2 Å². The van der Waals surface area contributed by atoms with E-state index in [1.165, 1.54) is 10.7 Å². The van der Waals surface area contributed by atoms with Gasteiger partial charge in [0.1, 0.15) is 18.1 Å². The number of hydrogen-bond donors (Lipinski definition) is 2. The summed E-state index contributed by atoms with van der Waals surface area (Å²) in [5.74, 6) is 1.31. The first kappa shape index (κ1) is 23.2. The Hall–Kier alpha value is -3.92. The van der Waals surface area contributed by atoms with E-state index < -0.39 is 6.09 Å². The molecule has 0 atom stereocenters. The molecule has 0 saturated carbocycles. The Balaban J connectivity index is 1.50. The van der Waals surface area contributed by atoms with Gasteiger partial charge in [0.2, 0.25) is 0 Å². The molecule has 9 nitrogen and oxygen atoms in total. The zero-order valence-electron chi connectivity index (χ0n) is 18.2. The van der Waals surface area contributed by atoms with E-state index in [9.17, 15) is 9.59 Å². The fourth-order valence-corrected chi connectivity index (χ4v) is 3.93. The van der Waals surface area contributed by atoms with Gasteiger partial charge in [-0.2, -0.15) is 5.10 Å². The van der Waals surface area contributed by atoms with E-state index in [4.69, 9.17) is 14.6 Å². The molecule has 34 heavy (non-hydrogen) atoms. The van der Waals surface area contributed by atoms with Gasteiger partial charge in [0.15, 0.2) is 0 Å². The minimum atomic E-state index is -1.09. The number of nitrogens with zero attached hydrogens (tertiary/aromatic N) is 3. The van der Waals surface area contributed by atoms with E-state index in [-0.39, 0.29) is 25.3 Å². The molecule has 2 heterocycles. The Bertz CT molecular complexity index is 1410. The topological polar surface area (TPSA) is 116 Å². The Morgan fingerprint density at radius 2 is 2.00 bits per heavy atom. The summed E-state index contributed by atoms with van der Waals surface area (Å²) >= 11 is 3.48. The fraction of sp³-hybridized carbons (Fsp3) is 0.167. The lowest BCUT2D eigenvalue weighted by atomic mass is 10.1. The second-order valence-corrected chi connectivity index (χ2v) is 8.15. The molecule has 2 aromatic carbocycles. The van der Waals surface area contributed by atoms with Crippen molar-refractivity contribution in [1.29, 1.82) is 0 Å². The highest BCUT2D eigenvalue weighted by atomic mass is 79.9. The van der Waals surface area contributed by atoms with Gasteiger partial charge in [-0.3, -0.25) is 9.78 Å². The molecule has 10 heteroatoms. The maximum absolute atomic E-state index is 12.4.